The van der Waals surface area contributed by atoms with Crippen LogP contribution in [-0.2, 0) is 16.6 Å². The molecule has 0 aliphatic rings. The average Bonchev–Trinajstić information content (AvgIpc) is 3.10. The maximum Gasteiger partial charge on any atom is 0.269 e. The van der Waals surface area contributed by atoms with E-state index in [2.05, 4.69) is 15.6 Å². The van der Waals surface area contributed by atoms with Gasteiger partial charge in [-0.25, -0.2) is 16.8 Å². The fourth-order valence-corrected chi connectivity index (χ4v) is 4.74. The minimum Gasteiger partial charge on any atom is -0.353 e. The predicted octanol–water partition coefficient (Wildman–Crippen LogP) is 4.53. The summed E-state index contributed by atoms with van der Waals surface area (Å²) in [6, 6.07) is 12.6. The fraction of sp³-hybridized carbons (Fsp3) is 0.0952. The van der Waals surface area contributed by atoms with Crippen LogP contribution in [0, 0.1) is 5.82 Å². The Labute approximate surface area is 178 Å². The molecule has 0 aliphatic carbocycles. The van der Waals surface area contributed by atoms with Crippen molar-refractivity contribution in [3.05, 3.63) is 83.5 Å². The molecule has 0 aliphatic heterocycles. The Morgan fingerprint density at radius 1 is 1.17 bits per heavy atom. The van der Waals surface area contributed by atoms with E-state index in [0.717, 1.165) is 10.9 Å². The molecule has 2 heterocycles. The van der Waals surface area contributed by atoms with Crippen LogP contribution in [0.5, 0.6) is 0 Å². The number of fused-ring (bicyclic) bond motifs is 1. The van der Waals surface area contributed by atoms with Gasteiger partial charge in [0, 0.05) is 41.2 Å². The normalized spacial score (nSPS) is 11.7. The molecule has 0 saturated carbocycles. The summed E-state index contributed by atoms with van der Waals surface area (Å²) in [5.74, 6) is -0.503. The van der Waals surface area contributed by atoms with Gasteiger partial charge in [0.2, 0.25) is 0 Å². The van der Waals surface area contributed by atoms with Gasteiger partial charge in [-0.3, -0.25) is 4.98 Å². The Hall–Kier alpha value is -2.94. The fourth-order valence-electron chi connectivity index (χ4n) is 3.23. The van der Waals surface area contributed by atoms with Crippen molar-refractivity contribution >= 4 is 43.9 Å². The standard InChI is InChI=1S/C21H18ClFN4O2S/c1-24-11-14-13-27(30(28,29)17-3-2-8-25-12-17)21-10-16(5-6-18(14)21)26-20-7-4-15(22)9-19(20)23/h2-10,12-13,24,26H,11H2,1H3. The molecule has 0 fully saturated rings. The van der Waals surface area contributed by atoms with Gasteiger partial charge in [-0.2, -0.15) is 0 Å². The van der Waals surface area contributed by atoms with Gasteiger partial charge in [-0.15, -0.1) is 0 Å². The first-order valence-electron chi connectivity index (χ1n) is 9.06. The lowest BCUT2D eigenvalue weighted by Gasteiger charge is -2.10. The molecule has 0 radical (unpaired) electrons. The van der Waals surface area contributed by atoms with Crippen LogP contribution in [-0.4, -0.2) is 24.4 Å². The molecule has 4 rings (SSSR count). The van der Waals surface area contributed by atoms with E-state index >= 15 is 0 Å². The molecule has 0 spiro atoms. The van der Waals surface area contributed by atoms with Crippen molar-refractivity contribution in [2.75, 3.05) is 12.4 Å². The molecular weight excluding hydrogens is 427 g/mol. The number of nitrogens with one attached hydrogen (secondary N) is 2. The number of benzene rings is 2. The molecule has 0 bridgehead atoms. The molecule has 2 N–H and O–H groups in total. The van der Waals surface area contributed by atoms with Gasteiger partial charge in [0.25, 0.3) is 10.0 Å². The predicted molar refractivity (Wildman–Crippen MR) is 116 cm³/mol. The molecular formula is C21H18ClFN4O2S. The third kappa shape index (κ3) is 3.77. The maximum atomic E-state index is 14.2. The molecule has 0 atom stereocenters. The molecule has 2 aromatic carbocycles. The lowest BCUT2D eigenvalue weighted by atomic mass is 10.1. The van der Waals surface area contributed by atoms with E-state index in [-0.39, 0.29) is 10.6 Å². The number of hydrogen-bond donors (Lipinski definition) is 2. The lowest BCUT2D eigenvalue weighted by Crippen LogP contribution is -2.12. The van der Waals surface area contributed by atoms with Crippen molar-refractivity contribution in [1.82, 2.24) is 14.3 Å². The number of nitrogens with zero attached hydrogens (tertiary/aromatic N) is 2. The van der Waals surface area contributed by atoms with Crippen LogP contribution in [0.1, 0.15) is 5.56 Å². The molecule has 0 saturated heterocycles. The molecule has 154 valence electrons. The van der Waals surface area contributed by atoms with Gasteiger partial charge in [0.05, 0.1) is 11.2 Å². The third-order valence-electron chi connectivity index (χ3n) is 4.62. The summed E-state index contributed by atoms with van der Waals surface area (Å²) in [4.78, 5) is 4.00. The van der Waals surface area contributed by atoms with Crippen molar-refractivity contribution in [2.45, 2.75) is 11.4 Å². The number of rotatable bonds is 6. The minimum atomic E-state index is -3.86. The first kappa shape index (κ1) is 20.3. The number of hydrogen-bond acceptors (Lipinski definition) is 5. The summed E-state index contributed by atoms with van der Waals surface area (Å²) in [7, 11) is -2.07. The Kier molecular flexibility index (Phi) is 5.46. The molecule has 4 aromatic rings. The van der Waals surface area contributed by atoms with Gasteiger partial charge in [0.1, 0.15) is 10.7 Å². The van der Waals surface area contributed by atoms with Gasteiger partial charge < -0.3 is 10.6 Å². The van der Waals surface area contributed by atoms with Crippen molar-refractivity contribution in [1.29, 1.82) is 0 Å². The van der Waals surface area contributed by atoms with Crippen LogP contribution in [0.15, 0.2) is 72.0 Å². The van der Waals surface area contributed by atoms with Gasteiger partial charge in [0.15, 0.2) is 0 Å². The second-order valence-corrected chi connectivity index (χ2v) is 8.91. The Balaban J connectivity index is 1.85. The highest BCUT2D eigenvalue weighted by Crippen LogP contribution is 2.30. The summed E-state index contributed by atoms with van der Waals surface area (Å²) < 4.78 is 41.9. The van der Waals surface area contributed by atoms with E-state index < -0.39 is 15.8 Å². The monoisotopic (exact) mass is 444 g/mol. The van der Waals surface area contributed by atoms with Crippen LogP contribution in [0.3, 0.4) is 0 Å². The Morgan fingerprint density at radius 3 is 2.70 bits per heavy atom. The van der Waals surface area contributed by atoms with Crippen molar-refractivity contribution in [2.24, 2.45) is 0 Å². The summed E-state index contributed by atoms with van der Waals surface area (Å²) in [5.41, 5.74) is 2.08. The number of halogens is 2. The first-order chi connectivity index (χ1) is 14.4. The second kappa shape index (κ2) is 8.06. The van der Waals surface area contributed by atoms with Crippen LogP contribution >= 0.6 is 11.6 Å². The lowest BCUT2D eigenvalue weighted by molar-refractivity contribution is 0.588. The van der Waals surface area contributed by atoms with Crippen LogP contribution in [0.25, 0.3) is 10.9 Å². The summed E-state index contributed by atoms with van der Waals surface area (Å²) >= 11 is 5.81. The van der Waals surface area contributed by atoms with E-state index in [1.165, 1.54) is 34.6 Å². The van der Waals surface area contributed by atoms with Crippen molar-refractivity contribution in [3.63, 3.8) is 0 Å². The summed E-state index contributed by atoms with van der Waals surface area (Å²) in [6.45, 7) is 0.491. The molecule has 2 aromatic heterocycles. The Morgan fingerprint density at radius 2 is 2.00 bits per heavy atom. The molecule has 9 heteroatoms. The van der Waals surface area contributed by atoms with Crippen LogP contribution in [0.4, 0.5) is 15.8 Å². The summed E-state index contributed by atoms with van der Waals surface area (Å²) in [5, 5.41) is 7.10. The van der Waals surface area contributed by atoms with Crippen molar-refractivity contribution < 1.29 is 12.8 Å². The van der Waals surface area contributed by atoms with Crippen LogP contribution < -0.4 is 10.6 Å². The zero-order valence-corrected chi connectivity index (χ0v) is 17.5. The quantitative estimate of drug-likeness (QED) is 0.457. The maximum absolute atomic E-state index is 14.2. The Bertz CT molecular complexity index is 1320. The van der Waals surface area contributed by atoms with E-state index in [9.17, 15) is 12.8 Å². The summed E-state index contributed by atoms with van der Waals surface area (Å²) in [6.07, 6.45) is 4.42. The minimum absolute atomic E-state index is 0.0833. The highest BCUT2D eigenvalue weighted by atomic mass is 35.5. The average molecular weight is 445 g/mol. The largest absolute Gasteiger partial charge is 0.353 e. The topological polar surface area (TPSA) is 76.0 Å². The van der Waals surface area contributed by atoms with E-state index in [1.54, 1.807) is 37.5 Å². The van der Waals surface area contributed by atoms with E-state index in [4.69, 9.17) is 11.6 Å². The zero-order valence-electron chi connectivity index (χ0n) is 15.9. The van der Waals surface area contributed by atoms with Gasteiger partial charge in [-0.1, -0.05) is 17.7 Å². The highest BCUT2D eigenvalue weighted by Gasteiger charge is 2.21. The first-order valence-corrected chi connectivity index (χ1v) is 10.9. The highest BCUT2D eigenvalue weighted by molar-refractivity contribution is 7.90. The third-order valence-corrected chi connectivity index (χ3v) is 6.52. The van der Waals surface area contributed by atoms with Crippen molar-refractivity contribution in [3.8, 4) is 0 Å². The molecule has 6 nitrogen and oxygen atoms in total. The molecule has 0 amide bonds. The van der Waals surface area contributed by atoms with Gasteiger partial charge >= 0.3 is 0 Å². The smallest absolute Gasteiger partial charge is 0.269 e. The van der Waals surface area contributed by atoms with E-state index in [1.807, 2.05) is 6.07 Å². The number of anilines is 2. The second-order valence-electron chi connectivity index (χ2n) is 6.66. The van der Waals surface area contributed by atoms with Gasteiger partial charge in [-0.05, 0) is 55.1 Å². The SMILES string of the molecule is CNCc1cn(S(=O)(=O)c2cccnc2)c2cc(Nc3ccc(Cl)cc3F)ccc12. The molecule has 0 unspecified atom stereocenters. The van der Waals surface area contributed by atoms with Crippen LogP contribution in [0.2, 0.25) is 5.02 Å². The number of aromatic nitrogens is 2. The number of pyridine rings is 1. The zero-order chi connectivity index (χ0) is 21.3. The molecule has 30 heavy (non-hydrogen) atoms. The van der Waals surface area contributed by atoms with E-state index in [0.29, 0.717) is 22.8 Å².